The average molecular weight is 462 g/mol. The summed E-state index contributed by atoms with van der Waals surface area (Å²) in [4.78, 5) is 28.5. The van der Waals surface area contributed by atoms with Gasteiger partial charge >= 0.3 is 0 Å². The molecule has 1 amide bonds. The van der Waals surface area contributed by atoms with Crippen LogP contribution in [0.4, 0.5) is 10.1 Å². The number of carbonyl (C=O) groups excluding carboxylic acids is 1. The maximum atomic E-state index is 13.9. The molecule has 1 unspecified atom stereocenters. The molecule has 33 heavy (non-hydrogen) atoms. The van der Waals surface area contributed by atoms with Crippen molar-refractivity contribution in [2.45, 2.75) is 6.04 Å². The van der Waals surface area contributed by atoms with Gasteiger partial charge in [-0.2, -0.15) is 0 Å². The van der Waals surface area contributed by atoms with E-state index in [2.05, 4.69) is 6.58 Å². The Morgan fingerprint density at radius 1 is 1.09 bits per heavy atom. The number of anilines is 1. The number of ether oxygens (including phenoxy) is 1. The molecule has 1 atom stereocenters. The lowest BCUT2D eigenvalue weighted by molar-refractivity contribution is 0.0971. The van der Waals surface area contributed by atoms with E-state index in [0.29, 0.717) is 28.6 Å². The number of hydrogen-bond donors (Lipinski definition) is 0. The Kier molecular flexibility index (Phi) is 5.23. The van der Waals surface area contributed by atoms with Gasteiger partial charge in [0.05, 0.1) is 17.0 Å². The number of rotatable bonds is 5. The molecule has 0 fully saturated rings. The quantitative estimate of drug-likeness (QED) is 0.347. The van der Waals surface area contributed by atoms with Gasteiger partial charge in [0.15, 0.2) is 5.43 Å². The fourth-order valence-electron chi connectivity index (χ4n) is 4.05. The maximum Gasteiger partial charge on any atom is 0.295 e. The van der Waals surface area contributed by atoms with E-state index in [0.717, 1.165) is 6.07 Å². The Morgan fingerprint density at radius 3 is 2.61 bits per heavy atom. The first-order valence-corrected chi connectivity index (χ1v) is 10.5. The molecule has 0 bridgehead atoms. The summed E-state index contributed by atoms with van der Waals surface area (Å²) in [7, 11) is 0. The summed E-state index contributed by atoms with van der Waals surface area (Å²) in [5.74, 6) is -0.500. The third-order valence-corrected chi connectivity index (χ3v) is 5.72. The van der Waals surface area contributed by atoms with Crippen LogP contribution < -0.4 is 15.1 Å². The van der Waals surface area contributed by atoms with Crippen molar-refractivity contribution < 1.29 is 18.3 Å². The standard InChI is InChI=1S/C26H17ClFNO4/c1-2-12-32-19-9-6-15(7-10-19)23-22-24(30)20-14-17(28)8-11-21(20)33-25(22)26(31)29(23)18-5-3-4-16(27)13-18/h2-11,13-14,23H,1,12H2. The Morgan fingerprint density at radius 2 is 1.88 bits per heavy atom. The molecule has 0 radical (unpaired) electrons. The maximum absolute atomic E-state index is 13.9. The number of hydrogen-bond acceptors (Lipinski definition) is 4. The van der Waals surface area contributed by atoms with Crippen molar-refractivity contribution >= 4 is 34.2 Å². The second-order valence-corrected chi connectivity index (χ2v) is 7.98. The summed E-state index contributed by atoms with van der Waals surface area (Å²) in [6, 6.07) is 16.7. The third-order valence-electron chi connectivity index (χ3n) is 5.48. The minimum atomic E-state index is -0.789. The minimum Gasteiger partial charge on any atom is -0.490 e. The molecule has 0 saturated carbocycles. The van der Waals surface area contributed by atoms with Gasteiger partial charge in [-0.1, -0.05) is 42.5 Å². The highest BCUT2D eigenvalue weighted by atomic mass is 35.5. The normalized spacial score (nSPS) is 15.0. The van der Waals surface area contributed by atoms with Gasteiger partial charge in [-0.05, 0) is 54.1 Å². The Balaban J connectivity index is 1.73. The van der Waals surface area contributed by atoms with Crippen LogP contribution in [0.5, 0.6) is 5.75 Å². The Labute approximate surface area is 193 Å². The van der Waals surface area contributed by atoms with Gasteiger partial charge in [-0.15, -0.1) is 0 Å². The molecule has 7 heteroatoms. The minimum absolute atomic E-state index is 0.0731. The van der Waals surface area contributed by atoms with Crippen molar-refractivity contribution in [3.63, 3.8) is 0 Å². The fourth-order valence-corrected chi connectivity index (χ4v) is 4.24. The van der Waals surface area contributed by atoms with E-state index in [9.17, 15) is 14.0 Å². The molecular weight excluding hydrogens is 445 g/mol. The second-order valence-electron chi connectivity index (χ2n) is 7.54. The van der Waals surface area contributed by atoms with Crippen LogP contribution in [0, 0.1) is 5.82 Å². The smallest absolute Gasteiger partial charge is 0.295 e. The van der Waals surface area contributed by atoms with Crippen molar-refractivity contribution in [2.75, 3.05) is 11.5 Å². The van der Waals surface area contributed by atoms with Crippen LogP contribution in [0.2, 0.25) is 5.02 Å². The van der Waals surface area contributed by atoms with Crippen LogP contribution in [0.15, 0.2) is 88.6 Å². The van der Waals surface area contributed by atoms with Gasteiger partial charge in [0.2, 0.25) is 5.76 Å². The molecular formula is C26H17ClFNO4. The largest absolute Gasteiger partial charge is 0.490 e. The van der Waals surface area contributed by atoms with Gasteiger partial charge in [0, 0.05) is 10.7 Å². The highest BCUT2D eigenvalue weighted by Gasteiger charge is 2.43. The van der Waals surface area contributed by atoms with Gasteiger partial charge in [0.25, 0.3) is 5.91 Å². The summed E-state index contributed by atoms with van der Waals surface area (Å²) in [6.45, 7) is 3.98. The SMILES string of the molecule is C=CCOc1ccc(C2c3c(oc4ccc(F)cc4c3=O)C(=O)N2c2cccc(Cl)c2)cc1. The van der Waals surface area contributed by atoms with Crippen LogP contribution in [0.1, 0.15) is 27.7 Å². The monoisotopic (exact) mass is 461 g/mol. The van der Waals surface area contributed by atoms with E-state index >= 15 is 0 Å². The van der Waals surface area contributed by atoms with Crippen LogP contribution in [0.3, 0.4) is 0 Å². The van der Waals surface area contributed by atoms with Crippen LogP contribution in [-0.4, -0.2) is 12.5 Å². The molecule has 2 heterocycles. The van der Waals surface area contributed by atoms with E-state index in [1.54, 1.807) is 54.6 Å². The number of nitrogens with zero attached hydrogens (tertiary/aromatic N) is 1. The zero-order valence-electron chi connectivity index (χ0n) is 17.3. The van der Waals surface area contributed by atoms with Crippen molar-refractivity contribution in [3.8, 4) is 5.75 Å². The van der Waals surface area contributed by atoms with Crippen molar-refractivity contribution in [1.29, 1.82) is 0 Å². The Bertz CT molecular complexity index is 1460. The molecule has 1 aromatic heterocycles. The zero-order valence-corrected chi connectivity index (χ0v) is 18.0. The summed E-state index contributed by atoms with van der Waals surface area (Å²) in [6.07, 6.45) is 1.64. The third kappa shape index (κ3) is 3.58. The van der Waals surface area contributed by atoms with Crippen LogP contribution in [-0.2, 0) is 0 Å². The summed E-state index contributed by atoms with van der Waals surface area (Å²) >= 11 is 6.19. The van der Waals surface area contributed by atoms with Gasteiger partial charge in [-0.3, -0.25) is 14.5 Å². The first-order valence-electron chi connectivity index (χ1n) is 10.2. The lowest BCUT2D eigenvalue weighted by Crippen LogP contribution is -2.29. The van der Waals surface area contributed by atoms with E-state index in [1.165, 1.54) is 17.0 Å². The molecule has 0 aliphatic carbocycles. The van der Waals surface area contributed by atoms with Crippen molar-refractivity contribution in [1.82, 2.24) is 0 Å². The number of halogens is 2. The number of amides is 1. The molecule has 5 rings (SSSR count). The molecule has 1 aliphatic heterocycles. The number of benzene rings is 3. The van der Waals surface area contributed by atoms with Gasteiger partial charge in [0.1, 0.15) is 23.8 Å². The van der Waals surface area contributed by atoms with Crippen molar-refractivity contribution in [3.05, 3.63) is 117 Å². The lowest BCUT2D eigenvalue weighted by Gasteiger charge is -2.25. The molecule has 1 aliphatic rings. The molecule has 3 aromatic carbocycles. The highest BCUT2D eigenvalue weighted by Crippen LogP contribution is 2.42. The van der Waals surface area contributed by atoms with Crippen molar-refractivity contribution in [2.24, 2.45) is 0 Å². The summed E-state index contributed by atoms with van der Waals surface area (Å²) in [5.41, 5.74) is 1.01. The lowest BCUT2D eigenvalue weighted by atomic mass is 9.98. The fraction of sp³-hybridized carbons (Fsp3) is 0.0769. The van der Waals surface area contributed by atoms with Gasteiger partial charge < -0.3 is 9.15 Å². The predicted octanol–water partition coefficient (Wildman–Crippen LogP) is 5.90. The topological polar surface area (TPSA) is 59.8 Å². The summed E-state index contributed by atoms with van der Waals surface area (Å²) in [5, 5.41) is 0.514. The molecule has 0 N–H and O–H groups in total. The van der Waals surface area contributed by atoms with Crippen LogP contribution in [0.25, 0.3) is 11.0 Å². The molecule has 0 spiro atoms. The zero-order chi connectivity index (χ0) is 23.1. The second kappa shape index (κ2) is 8.22. The molecule has 5 nitrogen and oxygen atoms in total. The van der Waals surface area contributed by atoms with Crippen LogP contribution >= 0.6 is 11.6 Å². The average Bonchev–Trinajstić information content (AvgIpc) is 3.11. The molecule has 164 valence electrons. The van der Waals surface area contributed by atoms with E-state index < -0.39 is 23.2 Å². The summed E-state index contributed by atoms with van der Waals surface area (Å²) < 4.78 is 25.3. The number of carbonyl (C=O) groups is 1. The number of fused-ring (bicyclic) bond motifs is 2. The van der Waals surface area contributed by atoms with E-state index in [4.69, 9.17) is 20.8 Å². The van der Waals surface area contributed by atoms with Gasteiger partial charge in [-0.25, -0.2) is 4.39 Å². The molecule has 4 aromatic rings. The first-order chi connectivity index (χ1) is 16.0. The highest BCUT2D eigenvalue weighted by molar-refractivity contribution is 6.31. The van der Waals surface area contributed by atoms with E-state index in [1.807, 2.05) is 0 Å². The Hall–Kier alpha value is -3.90. The first kappa shape index (κ1) is 21.0. The van der Waals surface area contributed by atoms with E-state index in [-0.39, 0.29) is 22.3 Å². The predicted molar refractivity (Wildman–Crippen MR) is 125 cm³/mol. The molecule has 0 saturated heterocycles.